The third kappa shape index (κ3) is 3.43. The molecule has 0 aromatic heterocycles. The summed E-state index contributed by atoms with van der Waals surface area (Å²) in [7, 11) is 0. The van der Waals surface area contributed by atoms with E-state index in [0.717, 1.165) is 6.42 Å². The fourth-order valence-electron chi connectivity index (χ4n) is 1.10. The molecule has 0 aromatic rings. The molecule has 14 heavy (non-hydrogen) atoms. The summed E-state index contributed by atoms with van der Waals surface area (Å²) >= 11 is 0. The van der Waals surface area contributed by atoms with Gasteiger partial charge in [0.2, 0.25) is 0 Å². The third-order valence-electron chi connectivity index (χ3n) is 2.27. The van der Waals surface area contributed by atoms with Crippen LogP contribution in [0.1, 0.15) is 20.3 Å². The SMILES string of the molecule is CC1(C)CC1NC(=O)NCC(F)(F)F. The summed E-state index contributed by atoms with van der Waals surface area (Å²) in [6.07, 6.45) is -3.54. The van der Waals surface area contributed by atoms with E-state index in [-0.39, 0.29) is 11.5 Å². The van der Waals surface area contributed by atoms with Crippen molar-refractivity contribution in [1.82, 2.24) is 10.6 Å². The number of amides is 2. The van der Waals surface area contributed by atoms with E-state index in [0.29, 0.717) is 0 Å². The highest BCUT2D eigenvalue weighted by molar-refractivity contribution is 5.74. The van der Waals surface area contributed by atoms with E-state index in [1.807, 2.05) is 13.8 Å². The maximum Gasteiger partial charge on any atom is 0.405 e. The van der Waals surface area contributed by atoms with Crippen molar-refractivity contribution in [3.8, 4) is 0 Å². The lowest BCUT2D eigenvalue weighted by atomic mass is 10.2. The highest BCUT2D eigenvalue weighted by Crippen LogP contribution is 2.44. The lowest BCUT2D eigenvalue weighted by Crippen LogP contribution is -2.42. The number of urea groups is 1. The van der Waals surface area contributed by atoms with Gasteiger partial charge in [0.25, 0.3) is 0 Å². The van der Waals surface area contributed by atoms with Gasteiger partial charge in [-0.15, -0.1) is 0 Å². The van der Waals surface area contributed by atoms with Crippen molar-refractivity contribution in [2.75, 3.05) is 6.54 Å². The third-order valence-corrected chi connectivity index (χ3v) is 2.27. The molecular formula is C8H13F3N2O. The number of halogens is 3. The normalized spacial score (nSPS) is 24.2. The fourth-order valence-corrected chi connectivity index (χ4v) is 1.10. The molecular weight excluding hydrogens is 197 g/mol. The summed E-state index contributed by atoms with van der Waals surface area (Å²) in [4.78, 5) is 10.9. The molecule has 1 aliphatic rings. The Morgan fingerprint density at radius 1 is 1.50 bits per heavy atom. The predicted octanol–water partition coefficient (Wildman–Crippen LogP) is 1.65. The molecule has 1 atom stereocenters. The molecule has 1 rings (SSSR count). The van der Waals surface area contributed by atoms with E-state index in [4.69, 9.17) is 0 Å². The van der Waals surface area contributed by atoms with Gasteiger partial charge in [-0.05, 0) is 11.8 Å². The lowest BCUT2D eigenvalue weighted by molar-refractivity contribution is -0.122. The van der Waals surface area contributed by atoms with Crippen LogP contribution in [0.25, 0.3) is 0 Å². The number of hydrogen-bond acceptors (Lipinski definition) is 1. The standard InChI is InChI=1S/C8H13F3N2O/c1-7(2)3-5(7)13-6(14)12-4-8(9,10)11/h5H,3-4H2,1-2H3,(H2,12,13,14). The van der Waals surface area contributed by atoms with Gasteiger partial charge in [0, 0.05) is 6.04 Å². The maximum absolute atomic E-state index is 11.7. The Balaban J connectivity index is 2.18. The second-order valence-corrected chi connectivity index (χ2v) is 4.19. The first-order chi connectivity index (χ1) is 6.21. The number of carbonyl (C=O) groups excluding carboxylic acids is 1. The average Bonchev–Trinajstić information content (AvgIpc) is 2.53. The summed E-state index contributed by atoms with van der Waals surface area (Å²) in [5.74, 6) is 0. The van der Waals surface area contributed by atoms with Crippen LogP contribution in [0.2, 0.25) is 0 Å². The van der Waals surface area contributed by atoms with Crippen molar-refractivity contribution in [3.05, 3.63) is 0 Å². The number of hydrogen-bond donors (Lipinski definition) is 2. The topological polar surface area (TPSA) is 41.1 Å². The van der Waals surface area contributed by atoms with Crippen LogP contribution >= 0.6 is 0 Å². The summed E-state index contributed by atoms with van der Waals surface area (Å²) in [6, 6.07) is -0.756. The fraction of sp³-hybridized carbons (Fsp3) is 0.875. The van der Waals surface area contributed by atoms with Gasteiger partial charge in [0.1, 0.15) is 6.54 Å². The largest absolute Gasteiger partial charge is 0.405 e. The zero-order valence-electron chi connectivity index (χ0n) is 8.03. The van der Waals surface area contributed by atoms with Crippen LogP contribution in [-0.2, 0) is 0 Å². The maximum atomic E-state index is 11.7. The Bertz CT molecular complexity index is 237. The van der Waals surface area contributed by atoms with Crippen LogP contribution < -0.4 is 10.6 Å². The molecule has 1 unspecified atom stereocenters. The molecule has 2 amide bonds. The number of alkyl halides is 3. The van der Waals surface area contributed by atoms with E-state index >= 15 is 0 Å². The summed E-state index contributed by atoms with van der Waals surface area (Å²) in [6.45, 7) is 2.61. The van der Waals surface area contributed by atoms with Gasteiger partial charge < -0.3 is 10.6 Å². The first-order valence-corrected chi connectivity index (χ1v) is 4.32. The minimum absolute atomic E-state index is 0.00395. The van der Waals surface area contributed by atoms with Gasteiger partial charge in [0.15, 0.2) is 0 Å². The van der Waals surface area contributed by atoms with Crippen LogP contribution in [0.3, 0.4) is 0 Å². The smallest absolute Gasteiger partial charge is 0.335 e. The monoisotopic (exact) mass is 210 g/mol. The van der Waals surface area contributed by atoms with Crippen LogP contribution in [0.15, 0.2) is 0 Å². The Kier molecular flexibility index (Phi) is 2.65. The lowest BCUT2D eigenvalue weighted by Gasteiger charge is -2.10. The summed E-state index contributed by atoms with van der Waals surface area (Å²) in [5.41, 5.74) is 0.0234. The molecule has 0 bridgehead atoms. The van der Waals surface area contributed by atoms with Crippen molar-refractivity contribution in [2.24, 2.45) is 5.41 Å². The van der Waals surface area contributed by atoms with Gasteiger partial charge in [-0.25, -0.2) is 4.79 Å². The molecule has 0 aromatic carbocycles. The van der Waals surface area contributed by atoms with Crippen LogP contribution in [0.5, 0.6) is 0 Å². The van der Waals surface area contributed by atoms with Crippen LogP contribution in [0, 0.1) is 5.41 Å². The molecule has 0 aliphatic heterocycles. The molecule has 3 nitrogen and oxygen atoms in total. The van der Waals surface area contributed by atoms with Crippen molar-refractivity contribution >= 4 is 6.03 Å². The van der Waals surface area contributed by atoms with Gasteiger partial charge in [-0.2, -0.15) is 13.2 Å². The number of rotatable bonds is 2. The zero-order chi connectivity index (χ0) is 11.0. The quantitative estimate of drug-likeness (QED) is 0.714. The van der Waals surface area contributed by atoms with E-state index in [9.17, 15) is 18.0 Å². The Labute approximate surface area is 80.0 Å². The molecule has 1 saturated carbocycles. The highest BCUT2D eigenvalue weighted by atomic mass is 19.4. The number of nitrogens with one attached hydrogen (secondary N) is 2. The zero-order valence-corrected chi connectivity index (χ0v) is 8.03. The Hall–Kier alpha value is -0.940. The first kappa shape index (κ1) is 11.1. The van der Waals surface area contributed by atoms with E-state index in [1.165, 1.54) is 0 Å². The highest BCUT2D eigenvalue weighted by Gasteiger charge is 2.46. The van der Waals surface area contributed by atoms with E-state index < -0.39 is 18.8 Å². The second kappa shape index (κ2) is 3.33. The Morgan fingerprint density at radius 2 is 2.00 bits per heavy atom. The Morgan fingerprint density at radius 3 is 2.36 bits per heavy atom. The van der Waals surface area contributed by atoms with Crippen molar-refractivity contribution < 1.29 is 18.0 Å². The van der Waals surface area contributed by atoms with Crippen LogP contribution in [0.4, 0.5) is 18.0 Å². The van der Waals surface area contributed by atoms with Crippen LogP contribution in [-0.4, -0.2) is 24.8 Å². The molecule has 0 saturated heterocycles. The van der Waals surface area contributed by atoms with Gasteiger partial charge in [-0.1, -0.05) is 13.8 Å². The predicted molar refractivity (Wildman–Crippen MR) is 44.8 cm³/mol. The second-order valence-electron chi connectivity index (χ2n) is 4.19. The molecule has 82 valence electrons. The van der Waals surface area contributed by atoms with E-state index in [2.05, 4.69) is 5.32 Å². The molecule has 1 fully saturated rings. The van der Waals surface area contributed by atoms with Crippen molar-refractivity contribution in [1.29, 1.82) is 0 Å². The van der Waals surface area contributed by atoms with E-state index in [1.54, 1.807) is 5.32 Å². The molecule has 2 N–H and O–H groups in total. The van der Waals surface area contributed by atoms with Gasteiger partial charge in [0.05, 0.1) is 0 Å². The minimum Gasteiger partial charge on any atom is -0.335 e. The van der Waals surface area contributed by atoms with Gasteiger partial charge >= 0.3 is 12.2 Å². The molecule has 6 heteroatoms. The molecule has 1 aliphatic carbocycles. The average molecular weight is 210 g/mol. The minimum atomic E-state index is -4.35. The molecule has 0 spiro atoms. The molecule has 0 heterocycles. The summed E-state index contributed by atoms with van der Waals surface area (Å²) in [5, 5.41) is 4.22. The summed E-state index contributed by atoms with van der Waals surface area (Å²) < 4.78 is 35.0. The van der Waals surface area contributed by atoms with Gasteiger partial charge in [-0.3, -0.25) is 0 Å². The van der Waals surface area contributed by atoms with Crippen molar-refractivity contribution in [3.63, 3.8) is 0 Å². The van der Waals surface area contributed by atoms with Crippen molar-refractivity contribution in [2.45, 2.75) is 32.5 Å². The number of carbonyl (C=O) groups is 1. The first-order valence-electron chi connectivity index (χ1n) is 4.32. The molecule has 0 radical (unpaired) electrons.